The van der Waals surface area contributed by atoms with E-state index in [1.165, 1.54) is 0 Å². The number of aromatic amines is 1. The van der Waals surface area contributed by atoms with E-state index in [0.29, 0.717) is 17.1 Å². The second kappa shape index (κ2) is 4.41. The van der Waals surface area contributed by atoms with Gasteiger partial charge in [0.05, 0.1) is 0 Å². The zero-order valence-electron chi connectivity index (χ0n) is 9.47. The normalized spacial score (nSPS) is 10.5. The van der Waals surface area contributed by atoms with E-state index in [1.54, 1.807) is 24.5 Å². The van der Waals surface area contributed by atoms with Gasteiger partial charge < -0.3 is 4.98 Å². The summed E-state index contributed by atoms with van der Waals surface area (Å²) in [5.74, 6) is 0.0972. The molecule has 0 aliphatic carbocycles. The number of halogens is 1. The molecule has 2 heterocycles. The van der Waals surface area contributed by atoms with Crippen molar-refractivity contribution in [2.45, 2.75) is 0 Å². The van der Waals surface area contributed by atoms with Crippen LogP contribution in [0, 0.1) is 5.95 Å². The minimum Gasteiger partial charge on any atom is -0.314 e. The smallest absolute Gasteiger partial charge is 0.219 e. The molecular formula is C14H10FN3. The average Bonchev–Trinajstić information content (AvgIpc) is 2.83. The molecule has 0 spiro atoms. The van der Waals surface area contributed by atoms with E-state index >= 15 is 0 Å². The van der Waals surface area contributed by atoms with E-state index in [0.717, 1.165) is 5.56 Å². The molecule has 1 N–H and O–H groups in total. The van der Waals surface area contributed by atoms with E-state index in [4.69, 9.17) is 0 Å². The zero-order valence-corrected chi connectivity index (χ0v) is 9.47. The van der Waals surface area contributed by atoms with Crippen LogP contribution in [0.4, 0.5) is 4.39 Å². The summed E-state index contributed by atoms with van der Waals surface area (Å²) in [4.78, 5) is 10.9. The third kappa shape index (κ3) is 1.88. The predicted molar refractivity (Wildman–Crippen MR) is 67.2 cm³/mol. The molecule has 3 nitrogen and oxygen atoms in total. The first-order chi connectivity index (χ1) is 8.84. The van der Waals surface area contributed by atoms with Crippen LogP contribution in [0.3, 0.4) is 0 Å². The van der Waals surface area contributed by atoms with Gasteiger partial charge in [0.25, 0.3) is 0 Å². The molecule has 18 heavy (non-hydrogen) atoms. The largest absolute Gasteiger partial charge is 0.314 e. The highest BCUT2D eigenvalue weighted by Crippen LogP contribution is 2.24. The second-order valence-corrected chi connectivity index (χ2v) is 3.85. The molecule has 3 aromatic rings. The summed E-state index contributed by atoms with van der Waals surface area (Å²) in [7, 11) is 0. The minimum atomic E-state index is -0.431. The van der Waals surface area contributed by atoms with Crippen molar-refractivity contribution in [3.05, 3.63) is 60.8 Å². The average molecular weight is 239 g/mol. The standard InChI is InChI=1S/C14H10FN3/c15-13-12(10-6-8-16-9-7-10)17-14(18-13)11-4-2-1-3-5-11/h1-9H,(H,17,18). The van der Waals surface area contributed by atoms with Crippen molar-refractivity contribution in [1.82, 2.24) is 15.0 Å². The first kappa shape index (κ1) is 10.7. The molecule has 4 heteroatoms. The Morgan fingerprint density at radius 2 is 1.61 bits per heavy atom. The van der Waals surface area contributed by atoms with Crippen molar-refractivity contribution >= 4 is 0 Å². The SMILES string of the molecule is Fc1[nH]c(-c2ccccc2)nc1-c1ccncc1. The number of aromatic nitrogens is 3. The topological polar surface area (TPSA) is 41.6 Å². The van der Waals surface area contributed by atoms with Crippen LogP contribution in [-0.2, 0) is 0 Å². The summed E-state index contributed by atoms with van der Waals surface area (Å²) < 4.78 is 13.8. The molecule has 3 rings (SSSR count). The number of hydrogen-bond acceptors (Lipinski definition) is 2. The summed E-state index contributed by atoms with van der Waals surface area (Å²) in [5.41, 5.74) is 1.88. The monoisotopic (exact) mass is 239 g/mol. The summed E-state index contributed by atoms with van der Waals surface area (Å²) in [6.45, 7) is 0. The Morgan fingerprint density at radius 1 is 0.889 bits per heavy atom. The second-order valence-electron chi connectivity index (χ2n) is 3.85. The molecule has 0 aliphatic heterocycles. The maximum absolute atomic E-state index is 13.8. The maximum atomic E-state index is 13.8. The lowest BCUT2D eigenvalue weighted by Crippen LogP contribution is -1.82. The summed E-state index contributed by atoms with van der Waals surface area (Å²) in [6, 6.07) is 12.9. The Bertz CT molecular complexity index is 647. The lowest BCUT2D eigenvalue weighted by atomic mass is 10.2. The van der Waals surface area contributed by atoms with Crippen LogP contribution in [0.25, 0.3) is 22.6 Å². The molecular weight excluding hydrogens is 229 g/mol. The number of hydrogen-bond donors (Lipinski definition) is 1. The first-order valence-corrected chi connectivity index (χ1v) is 5.56. The molecule has 0 amide bonds. The van der Waals surface area contributed by atoms with Crippen molar-refractivity contribution < 1.29 is 4.39 Å². The number of nitrogens with zero attached hydrogens (tertiary/aromatic N) is 2. The lowest BCUT2D eigenvalue weighted by Gasteiger charge is -1.95. The van der Waals surface area contributed by atoms with Crippen LogP contribution in [0.15, 0.2) is 54.9 Å². The van der Waals surface area contributed by atoms with Crippen molar-refractivity contribution in [3.63, 3.8) is 0 Å². The molecule has 0 atom stereocenters. The number of H-pyrrole nitrogens is 1. The predicted octanol–water partition coefficient (Wildman–Crippen LogP) is 3.28. The van der Waals surface area contributed by atoms with Crippen LogP contribution in [0.2, 0.25) is 0 Å². The molecule has 0 radical (unpaired) electrons. The fourth-order valence-electron chi connectivity index (χ4n) is 1.79. The van der Waals surface area contributed by atoms with E-state index in [2.05, 4.69) is 15.0 Å². The molecule has 0 saturated carbocycles. The number of pyridine rings is 1. The third-order valence-corrected chi connectivity index (χ3v) is 2.66. The van der Waals surface area contributed by atoms with Crippen molar-refractivity contribution in [1.29, 1.82) is 0 Å². The number of nitrogens with one attached hydrogen (secondary N) is 1. The highest BCUT2D eigenvalue weighted by atomic mass is 19.1. The minimum absolute atomic E-state index is 0.316. The quantitative estimate of drug-likeness (QED) is 0.745. The van der Waals surface area contributed by atoms with Crippen LogP contribution in [-0.4, -0.2) is 15.0 Å². The molecule has 0 bridgehead atoms. The molecule has 0 fully saturated rings. The van der Waals surface area contributed by atoms with Crippen molar-refractivity contribution in [2.24, 2.45) is 0 Å². The Kier molecular flexibility index (Phi) is 2.61. The van der Waals surface area contributed by atoms with Gasteiger partial charge in [0, 0.05) is 23.5 Å². The van der Waals surface area contributed by atoms with Crippen molar-refractivity contribution in [2.75, 3.05) is 0 Å². The fraction of sp³-hybridized carbons (Fsp3) is 0. The Labute approximate surface area is 103 Å². The van der Waals surface area contributed by atoms with Gasteiger partial charge >= 0.3 is 0 Å². The maximum Gasteiger partial charge on any atom is 0.219 e. The van der Waals surface area contributed by atoms with Gasteiger partial charge in [-0.05, 0) is 12.1 Å². The zero-order chi connectivity index (χ0) is 12.4. The molecule has 0 unspecified atom stereocenters. The van der Waals surface area contributed by atoms with Gasteiger partial charge in [-0.2, -0.15) is 4.39 Å². The fourth-order valence-corrected chi connectivity index (χ4v) is 1.79. The number of rotatable bonds is 2. The van der Waals surface area contributed by atoms with E-state index in [-0.39, 0.29) is 0 Å². The molecule has 0 aliphatic rings. The van der Waals surface area contributed by atoms with Gasteiger partial charge in [-0.1, -0.05) is 30.3 Å². The van der Waals surface area contributed by atoms with Gasteiger partial charge in [0.1, 0.15) is 11.5 Å². The Balaban J connectivity index is 2.07. The van der Waals surface area contributed by atoms with Crippen LogP contribution < -0.4 is 0 Å². The van der Waals surface area contributed by atoms with Crippen LogP contribution >= 0.6 is 0 Å². The third-order valence-electron chi connectivity index (χ3n) is 2.66. The molecule has 2 aromatic heterocycles. The highest BCUT2D eigenvalue weighted by molar-refractivity contribution is 5.64. The first-order valence-electron chi connectivity index (χ1n) is 5.56. The molecule has 1 aromatic carbocycles. The van der Waals surface area contributed by atoms with E-state index < -0.39 is 5.95 Å². The van der Waals surface area contributed by atoms with E-state index in [9.17, 15) is 4.39 Å². The van der Waals surface area contributed by atoms with Gasteiger partial charge in [-0.15, -0.1) is 0 Å². The summed E-state index contributed by atoms with van der Waals surface area (Å²) in [5, 5.41) is 0. The number of imidazole rings is 1. The van der Waals surface area contributed by atoms with E-state index in [1.807, 2.05) is 30.3 Å². The Morgan fingerprint density at radius 3 is 2.33 bits per heavy atom. The van der Waals surface area contributed by atoms with Gasteiger partial charge in [-0.3, -0.25) is 4.98 Å². The highest BCUT2D eigenvalue weighted by Gasteiger charge is 2.12. The summed E-state index contributed by atoms with van der Waals surface area (Å²) in [6.07, 6.45) is 3.23. The molecule has 0 saturated heterocycles. The van der Waals surface area contributed by atoms with Crippen LogP contribution in [0.5, 0.6) is 0 Å². The van der Waals surface area contributed by atoms with Gasteiger partial charge in [0.2, 0.25) is 5.95 Å². The van der Waals surface area contributed by atoms with Gasteiger partial charge in [0.15, 0.2) is 0 Å². The Hall–Kier alpha value is -2.49. The molecule has 88 valence electrons. The van der Waals surface area contributed by atoms with Crippen molar-refractivity contribution in [3.8, 4) is 22.6 Å². The van der Waals surface area contributed by atoms with Gasteiger partial charge in [-0.25, -0.2) is 4.98 Å². The van der Waals surface area contributed by atoms with Crippen LogP contribution in [0.1, 0.15) is 0 Å². The number of benzene rings is 1. The summed E-state index contributed by atoms with van der Waals surface area (Å²) >= 11 is 0. The lowest BCUT2D eigenvalue weighted by molar-refractivity contribution is 0.595.